The first kappa shape index (κ1) is 16.8. The molecule has 1 aromatic rings. The van der Waals surface area contributed by atoms with E-state index in [0.29, 0.717) is 19.6 Å². The van der Waals surface area contributed by atoms with Crippen molar-refractivity contribution in [2.75, 3.05) is 39.3 Å². The fraction of sp³-hybridized carbons (Fsp3) is 0.588. The number of ether oxygens (including phenoxy) is 1. The molecule has 1 aliphatic heterocycles. The van der Waals surface area contributed by atoms with Gasteiger partial charge in [-0.2, -0.15) is 0 Å². The van der Waals surface area contributed by atoms with Gasteiger partial charge in [-0.05, 0) is 37.6 Å². The number of carbonyl (C=O) groups is 1. The number of rotatable bonds is 7. The molecule has 22 heavy (non-hydrogen) atoms. The van der Waals surface area contributed by atoms with Crippen molar-refractivity contribution in [3.63, 3.8) is 0 Å². The molecule has 1 saturated heterocycles. The third kappa shape index (κ3) is 5.00. The van der Waals surface area contributed by atoms with Crippen LogP contribution in [0.1, 0.15) is 25.3 Å². The number of carbonyl (C=O) groups excluding carboxylic acids is 1. The zero-order valence-electron chi connectivity index (χ0n) is 13.5. The summed E-state index contributed by atoms with van der Waals surface area (Å²) in [5.74, 6) is 1.16. The minimum absolute atomic E-state index is 0.242. The number of nitrogens with two attached hydrogens (primary N) is 1. The quantitative estimate of drug-likeness (QED) is 0.829. The number of amides is 1. The zero-order valence-corrected chi connectivity index (χ0v) is 13.5. The molecule has 0 radical (unpaired) electrons. The molecule has 0 aromatic heterocycles. The molecule has 5 heteroatoms. The largest absolute Gasteiger partial charge is 0.494 e. The highest BCUT2D eigenvalue weighted by Gasteiger charge is 2.20. The first-order valence-electron chi connectivity index (χ1n) is 8.15. The van der Waals surface area contributed by atoms with E-state index in [4.69, 9.17) is 10.5 Å². The Morgan fingerprint density at radius 2 is 1.86 bits per heavy atom. The van der Waals surface area contributed by atoms with Crippen molar-refractivity contribution in [2.24, 2.45) is 5.73 Å². The maximum Gasteiger partial charge on any atom is 0.222 e. The van der Waals surface area contributed by atoms with Crippen LogP contribution >= 0.6 is 0 Å². The molecule has 0 spiro atoms. The molecule has 2 rings (SSSR count). The Morgan fingerprint density at radius 1 is 1.18 bits per heavy atom. The average Bonchev–Trinajstić information content (AvgIpc) is 2.55. The summed E-state index contributed by atoms with van der Waals surface area (Å²) in [6.45, 7) is 7.70. The van der Waals surface area contributed by atoms with Gasteiger partial charge < -0.3 is 15.4 Å². The van der Waals surface area contributed by atoms with Gasteiger partial charge in [-0.1, -0.05) is 12.1 Å². The maximum atomic E-state index is 12.0. The van der Waals surface area contributed by atoms with Gasteiger partial charge in [0.1, 0.15) is 5.75 Å². The Bertz CT molecular complexity index is 453. The fourth-order valence-corrected chi connectivity index (χ4v) is 2.68. The molecule has 1 amide bonds. The van der Waals surface area contributed by atoms with Crippen molar-refractivity contribution < 1.29 is 9.53 Å². The standard InChI is InChI=1S/C17H27N3O2/c1-2-22-16-7-5-15(6-8-16)14-19-10-12-20(13-11-19)17(21)4-3-9-18/h5-8H,2-4,9-14,18H2,1H3. The first-order chi connectivity index (χ1) is 10.7. The third-order valence-electron chi connectivity index (χ3n) is 3.96. The van der Waals surface area contributed by atoms with Crippen molar-refractivity contribution in [3.05, 3.63) is 29.8 Å². The molecule has 1 heterocycles. The Labute approximate surface area is 133 Å². The Kier molecular flexibility index (Phi) is 6.68. The van der Waals surface area contributed by atoms with Crippen LogP contribution in [0.2, 0.25) is 0 Å². The van der Waals surface area contributed by atoms with Gasteiger partial charge in [0.15, 0.2) is 0 Å². The maximum absolute atomic E-state index is 12.0. The topological polar surface area (TPSA) is 58.8 Å². The van der Waals surface area contributed by atoms with Crippen LogP contribution in [0.4, 0.5) is 0 Å². The van der Waals surface area contributed by atoms with Crippen LogP contribution in [0, 0.1) is 0 Å². The van der Waals surface area contributed by atoms with Gasteiger partial charge in [-0.25, -0.2) is 0 Å². The zero-order chi connectivity index (χ0) is 15.8. The van der Waals surface area contributed by atoms with E-state index in [1.165, 1.54) is 5.56 Å². The molecule has 0 bridgehead atoms. The fourth-order valence-electron chi connectivity index (χ4n) is 2.68. The second-order valence-electron chi connectivity index (χ2n) is 5.63. The molecule has 0 atom stereocenters. The summed E-state index contributed by atoms with van der Waals surface area (Å²) >= 11 is 0. The Morgan fingerprint density at radius 3 is 2.45 bits per heavy atom. The number of hydrogen-bond acceptors (Lipinski definition) is 4. The summed E-state index contributed by atoms with van der Waals surface area (Å²) in [5, 5.41) is 0. The third-order valence-corrected chi connectivity index (χ3v) is 3.96. The van der Waals surface area contributed by atoms with E-state index in [1.807, 2.05) is 24.0 Å². The van der Waals surface area contributed by atoms with Gasteiger partial charge in [-0.3, -0.25) is 9.69 Å². The van der Waals surface area contributed by atoms with Crippen molar-refractivity contribution in [3.8, 4) is 5.75 Å². The normalized spacial score (nSPS) is 15.8. The van der Waals surface area contributed by atoms with Gasteiger partial charge in [-0.15, -0.1) is 0 Å². The lowest BCUT2D eigenvalue weighted by Crippen LogP contribution is -2.48. The molecule has 5 nitrogen and oxygen atoms in total. The van der Waals surface area contributed by atoms with Crippen molar-refractivity contribution in [1.82, 2.24) is 9.80 Å². The van der Waals surface area contributed by atoms with Gasteiger partial charge in [0.2, 0.25) is 5.91 Å². The van der Waals surface area contributed by atoms with Crippen molar-refractivity contribution >= 4 is 5.91 Å². The molecule has 2 N–H and O–H groups in total. The van der Waals surface area contributed by atoms with Crippen LogP contribution in [0.3, 0.4) is 0 Å². The Hall–Kier alpha value is -1.59. The van der Waals surface area contributed by atoms with Crippen LogP contribution in [0.25, 0.3) is 0 Å². The lowest BCUT2D eigenvalue weighted by Gasteiger charge is -2.34. The summed E-state index contributed by atoms with van der Waals surface area (Å²) in [7, 11) is 0. The van der Waals surface area contributed by atoms with Crippen molar-refractivity contribution in [1.29, 1.82) is 0 Å². The number of benzene rings is 1. The summed E-state index contributed by atoms with van der Waals surface area (Å²) in [6.07, 6.45) is 1.36. The second-order valence-corrected chi connectivity index (χ2v) is 5.63. The minimum atomic E-state index is 0.242. The van der Waals surface area contributed by atoms with E-state index in [0.717, 1.165) is 44.9 Å². The summed E-state index contributed by atoms with van der Waals surface area (Å²) in [5.41, 5.74) is 6.74. The minimum Gasteiger partial charge on any atom is -0.494 e. The van der Waals surface area contributed by atoms with E-state index in [-0.39, 0.29) is 5.91 Å². The van der Waals surface area contributed by atoms with Gasteiger partial charge >= 0.3 is 0 Å². The highest BCUT2D eigenvalue weighted by atomic mass is 16.5. The predicted molar refractivity (Wildman–Crippen MR) is 87.8 cm³/mol. The SMILES string of the molecule is CCOc1ccc(CN2CCN(C(=O)CCCN)CC2)cc1. The molecule has 1 fully saturated rings. The van der Waals surface area contributed by atoms with Gasteiger partial charge in [0.25, 0.3) is 0 Å². The molecule has 1 aliphatic rings. The molecule has 122 valence electrons. The van der Waals surface area contributed by atoms with Crippen LogP contribution in [0.5, 0.6) is 5.75 Å². The van der Waals surface area contributed by atoms with E-state index in [2.05, 4.69) is 17.0 Å². The highest BCUT2D eigenvalue weighted by molar-refractivity contribution is 5.76. The number of hydrogen-bond donors (Lipinski definition) is 1. The summed E-state index contributed by atoms with van der Waals surface area (Å²) < 4.78 is 5.46. The molecular formula is C17H27N3O2. The molecule has 0 aliphatic carbocycles. The second kappa shape index (κ2) is 8.76. The molecule has 0 saturated carbocycles. The van der Waals surface area contributed by atoms with E-state index < -0.39 is 0 Å². The molecular weight excluding hydrogens is 278 g/mol. The first-order valence-corrected chi connectivity index (χ1v) is 8.15. The number of nitrogens with zero attached hydrogens (tertiary/aromatic N) is 2. The predicted octanol–water partition coefficient (Wildman–Crippen LogP) is 1.47. The van der Waals surface area contributed by atoms with E-state index in [1.54, 1.807) is 0 Å². The van der Waals surface area contributed by atoms with Crippen LogP contribution in [-0.2, 0) is 11.3 Å². The smallest absolute Gasteiger partial charge is 0.222 e. The van der Waals surface area contributed by atoms with Crippen LogP contribution in [-0.4, -0.2) is 55.0 Å². The number of piperazine rings is 1. The summed E-state index contributed by atoms with van der Waals surface area (Å²) in [6, 6.07) is 8.27. The van der Waals surface area contributed by atoms with Gasteiger partial charge in [0, 0.05) is 39.1 Å². The Balaban J connectivity index is 1.76. The van der Waals surface area contributed by atoms with Crippen LogP contribution < -0.4 is 10.5 Å². The lowest BCUT2D eigenvalue weighted by molar-refractivity contribution is -0.133. The summed E-state index contributed by atoms with van der Waals surface area (Å²) in [4.78, 5) is 16.3. The van der Waals surface area contributed by atoms with E-state index >= 15 is 0 Å². The molecule has 1 aromatic carbocycles. The lowest BCUT2D eigenvalue weighted by atomic mass is 10.2. The average molecular weight is 305 g/mol. The van der Waals surface area contributed by atoms with E-state index in [9.17, 15) is 4.79 Å². The molecule has 0 unspecified atom stereocenters. The highest BCUT2D eigenvalue weighted by Crippen LogP contribution is 2.15. The monoisotopic (exact) mass is 305 g/mol. The van der Waals surface area contributed by atoms with Gasteiger partial charge in [0.05, 0.1) is 6.61 Å². The van der Waals surface area contributed by atoms with Crippen molar-refractivity contribution in [2.45, 2.75) is 26.3 Å². The van der Waals surface area contributed by atoms with Crippen LogP contribution in [0.15, 0.2) is 24.3 Å².